The van der Waals surface area contributed by atoms with Crippen molar-refractivity contribution in [3.05, 3.63) is 57.3 Å². The molecule has 0 spiro atoms. The largest absolute Gasteiger partial charge is 0.501 e. The molecule has 1 aromatic heterocycles. The van der Waals surface area contributed by atoms with Gasteiger partial charge in [0.05, 0.1) is 41.0 Å². The maximum Gasteiger partial charge on any atom is 0.410 e. The Kier molecular flexibility index (Phi) is 14.7. The molecule has 1 aromatic carbocycles. The van der Waals surface area contributed by atoms with Crippen molar-refractivity contribution in [2.45, 2.75) is 60.0 Å². The number of hydrogen-bond donors (Lipinski definition) is 2. The summed E-state index contributed by atoms with van der Waals surface area (Å²) in [5, 5.41) is 4.20. The molecule has 2 aromatic rings. The minimum atomic E-state index is -0.454. The van der Waals surface area contributed by atoms with E-state index in [9.17, 15) is 4.79 Å². The molecule has 1 aliphatic rings. The second kappa shape index (κ2) is 17.7. The summed E-state index contributed by atoms with van der Waals surface area (Å²) >= 11 is 12.1. The lowest BCUT2D eigenvalue weighted by molar-refractivity contribution is 0.0195. The smallest absolute Gasteiger partial charge is 0.410 e. The normalized spacial score (nSPS) is 14.8. The Morgan fingerprint density at radius 1 is 1.14 bits per heavy atom. The summed E-state index contributed by atoms with van der Waals surface area (Å²) in [4.78, 5) is 31.0. The van der Waals surface area contributed by atoms with Crippen molar-refractivity contribution < 1.29 is 23.8 Å². The van der Waals surface area contributed by atoms with Crippen LogP contribution in [0.1, 0.15) is 65.6 Å². The number of ether oxygens (including phenoxy) is 3. The van der Waals surface area contributed by atoms with Crippen LogP contribution < -0.4 is 11.2 Å². The van der Waals surface area contributed by atoms with Crippen molar-refractivity contribution in [1.29, 1.82) is 0 Å². The number of carbonyl (C=O) groups is 1. The number of likely N-dealkylation sites (tertiary alicyclic amines) is 1. The van der Waals surface area contributed by atoms with Crippen LogP contribution in [0.2, 0.25) is 10.0 Å². The average molecular weight is 652 g/mol. The summed E-state index contributed by atoms with van der Waals surface area (Å²) in [6.07, 6.45) is 6.55. The highest BCUT2D eigenvalue weighted by molar-refractivity contribution is 6.42. The van der Waals surface area contributed by atoms with Crippen molar-refractivity contribution in [1.82, 2.24) is 14.9 Å². The van der Waals surface area contributed by atoms with E-state index in [1.54, 1.807) is 31.2 Å². The number of aromatic nitrogens is 2. The zero-order valence-electron chi connectivity index (χ0n) is 26.7. The summed E-state index contributed by atoms with van der Waals surface area (Å²) in [7, 11) is 3.27. The van der Waals surface area contributed by atoms with Gasteiger partial charge in [0.2, 0.25) is 5.90 Å². The van der Waals surface area contributed by atoms with Gasteiger partial charge in [0, 0.05) is 43.4 Å². The number of nitrogens with zero attached hydrogens (tertiary/aromatic N) is 4. The molecule has 0 atom stereocenters. The van der Waals surface area contributed by atoms with Gasteiger partial charge in [-0.1, -0.05) is 23.2 Å². The Hall–Kier alpha value is -3.54. The Balaban J connectivity index is 0.000000329. The molecule has 11 nitrogen and oxygen atoms in total. The minimum absolute atomic E-state index is 0.193. The van der Waals surface area contributed by atoms with E-state index in [-0.39, 0.29) is 12.0 Å². The second-order valence-corrected chi connectivity index (χ2v) is 11.7. The number of hydrogen-bond acceptors (Lipinski definition) is 10. The van der Waals surface area contributed by atoms with E-state index in [2.05, 4.69) is 20.3 Å². The Bertz CT molecular complexity index is 1340. The molecule has 1 aliphatic heterocycles. The van der Waals surface area contributed by atoms with Crippen molar-refractivity contribution in [2.75, 3.05) is 39.2 Å². The molecule has 13 heteroatoms. The number of amides is 1. The van der Waals surface area contributed by atoms with Gasteiger partial charge >= 0.3 is 6.09 Å². The quantitative estimate of drug-likeness (QED) is 0.129. The molecule has 1 fully saturated rings. The first-order valence-corrected chi connectivity index (χ1v) is 15.0. The van der Waals surface area contributed by atoms with Crippen molar-refractivity contribution in [3.63, 3.8) is 0 Å². The van der Waals surface area contributed by atoms with Crippen LogP contribution in [0.5, 0.6) is 0 Å². The molecule has 1 amide bonds. The number of methoxy groups -OCH3 is 1. The number of aliphatic imine (C=N–C) groups is 1. The summed E-state index contributed by atoms with van der Waals surface area (Å²) in [5.41, 5.74) is 1.80. The molecule has 3 rings (SSSR count). The van der Waals surface area contributed by atoms with Crippen LogP contribution >= 0.6 is 23.2 Å². The third-order valence-corrected chi connectivity index (χ3v) is 7.05. The van der Waals surface area contributed by atoms with Crippen LogP contribution in [0.15, 0.2) is 41.0 Å². The number of carbonyl (C=O) groups excluding carboxylic acids is 1. The highest BCUT2D eigenvalue weighted by atomic mass is 35.5. The molecule has 44 heavy (non-hydrogen) atoms. The standard InChI is InChI=1S/C19H21Cl2N3O2.C12H23N3O3/c1-5-26-13(3)9-18-15(8-12(2)25-4)19(23-11-22-18)24-14-6-7-16(20)17(21)10-14;1-12(2,3)17-11(16)15-7-5-9(6-8-15)10(14-4)18-13/h6-11H,5H2,1-4H3,(H,22,23,24);9H,5-8,13H2,1-4H3/b12-8+,13-9+;. The molecule has 0 aliphatic carbocycles. The van der Waals surface area contributed by atoms with Crippen LogP contribution in [-0.2, 0) is 19.0 Å². The number of allylic oxidation sites excluding steroid dienone is 2. The van der Waals surface area contributed by atoms with Gasteiger partial charge in [-0.05, 0) is 78.7 Å². The van der Waals surface area contributed by atoms with E-state index < -0.39 is 5.60 Å². The fourth-order valence-corrected chi connectivity index (χ4v) is 4.47. The third kappa shape index (κ3) is 11.9. The molecule has 242 valence electrons. The fourth-order valence-electron chi connectivity index (χ4n) is 4.17. The zero-order chi connectivity index (χ0) is 32.9. The van der Waals surface area contributed by atoms with Crippen LogP contribution in [0.3, 0.4) is 0 Å². The predicted octanol–water partition coefficient (Wildman–Crippen LogP) is 7.48. The van der Waals surface area contributed by atoms with E-state index in [4.69, 9.17) is 48.1 Å². The Labute approximate surface area is 270 Å². The molecule has 0 radical (unpaired) electrons. The van der Waals surface area contributed by atoms with E-state index in [1.165, 1.54) is 6.33 Å². The monoisotopic (exact) mass is 650 g/mol. The number of anilines is 2. The summed E-state index contributed by atoms with van der Waals surface area (Å²) in [5.74, 6) is 8.00. The Morgan fingerprint density at radius 3 is 2.36 bits per heavy atom. The lowest BCUT2D eigenvalue weighted by Gasteiger charge is -2.33. The second-order valence-electron chi connectivity index (χ2n) is 10.8. The number of nitrogens with one attached hydrogen (secondary N) is 1. The van der Waals surface area contributed by atoms with E-state index >= 15 is 0 Å². The molecular formula is C31H44Cl2N6O5. The zero-order valence-corrected chi connectivity index (χ0v) is 28.3. The van der Waals surface area contributed by atoms with Gasteiger partial charge in [-0.25, -0.2) is 14.8 Å². The molecule has 0 bridgehead atoms. The first kappa shape index (κ1) is 36.7. The van der Waals surface area contributed by atoms with E-state index in [0.717, 1.165) is 35.6 Å². The van der Waals surface area contributed by atoms with Gasteiger partial charge in [0.25, 0.3) is 0 Å². The van der Waals surface area contributed by atoms with Crippen molar-refractivity contribution in [2.24, 2.45) is 16.8 Å². The SMILES string of the molecule is CCO/C(C)=C/c1ncnc(Nc2ccc(Cl)c(Cl)c2)c1/C=C(\C)OC.CN=C(ON)C1CCN(C(=O)OC(C)(C)C)CC1. The number of rotatable bonds is 8. The van der Waals surface area contributed by atoms with E-state index in [0.29, 0.717) is 47.2 Å². The minimum Gasteiger partial charge on any atom is -0.501 e. The summed E-state index contributed by atoms with van der Waals surface area (Å²) in [6.45, 7) is 13.1. The van der Waals surface area contributed by atoms with E-state index in [1.807, 2.05) is 59.8 Å². The average Bonchev–Trinajstić information content (AvgIpc) is 2.97. The van der Waals surface area contributed by atoms with Crippen molar-refractivity contribution in [3.8, 4) is 0 Å². The van der Waals surface area contributed by atoms with Gasteiger partial charge in [-0.2, -0.15) is 5.90 Å². The van der Waals surface area contributed by atoms with Crippen molar-refractivity contribution >= 4 is 58.9 Å². The van der Waals surface area contributed by atoms with Crippen LogP contribution in [0.4, 0.5) is 16.3 Å². The van der Waals surface area contributed by atoms with Crippen LogP contribution in [-0.4, -0.2) is 66.3 Å². The summed E-state index contributed by atoms with van der Waals surface area (Å²) in [6, 6.07) is 5.29. The molecule has 1 saturated heterocycles. The molecule has 3 N–H and O–H groups in total. The maximum atomic E-state index is 11.8. The molecule has 0 unspecified atom stereocenters. The van der Waals surface area contributed by atoms with Gasteiger partial charge < -0.3 is 29.3 Å². The lowest BCUT2D eigenvalue weighted by Crippen LogP contribution is -2.43. The first-order chi connectivity index (χ1) is 20.8. The Morgan fingerprint density at radius 2 is 1.82 bits per heavy atom. The number of benzene rings is 1. The number of piperidine rings is 1. The van der Waals surface area contributed by atoms with Crippen LogP contribution in [0.25, 0.3) is 12.2 Å². The van der Waals surface area contributed by atoms with Gasteiger partial charge in [0.15, 0.2) is 0 Å². The highest BCUT2D eigenvalue weighted by Crippen LogP contribution is 2.29. The first-order valence-electron chi connectivity index (χ1n) is 14.2. The molecule has 2 heterocycles. The number of nitrogens with two attached hydrogens (primary N) is 1. The molecular weight excluding hydrogens is 607 g/mol. The highest BCUT2D eigenvalue weighted by Gasteiger charge is 2.29. The lowest BCUT2D eigenvalue weighted by atomic mass is 9.97. The van der Waals surface area contributed by atoms with Crippen LogP contribution in [0, 0.1) is 5.92 Å². The number of halogens is 2. The summed E-state index contributed by atoms with van der Waals surface area (Å²) < 4.78 is 16.1. The maximum absolute atomic E-state index is 11.8. The van der Waals surface area contributed by atoms with Gasteiger partial charge in [-0.15, -0.1) is 0 Å². The molecule has 0 saturated carbocycles. The van der Waals surface area contributed by atoms with Gasteiger partial charge in [0.1, 0.15) is 17.7 Å². The van der Waals surface area contributed by atoms with Gasteiger partial charge in [-0.3, -0.25) is 4.99 Å². The fraction of sp³-hybridized carbons (Fsp3) is 0.484. The third-order valence-electron chi connectivity index (χ3n) is 6.32. The predicted molar refractivity (Wildman–Crippen MR) is 177 cm³/mol. The topological polar surface area (TPSA) is 133 Å².